The SMILES string of the molecule is CC(Oc1ccccc1[N+](=O)[O-])C(=O)Nc1cccc(NC(=O)CCc2ccccc2)c1. The first-order chi connectivity index (χ1) is 15.4. The topological polar surface area (TPSA) is 111 Å². The Hall–Kier alpha value is -4.20. The van der Waals surface area contributed by atoms with Crippen LogP contribution in [0.15, 0.2) is 78.9 Å². The van der Waals surface area contributed by atoms with Gasteiger partial charge in [0.15, 0.2) is 11.9 Å². The van der Waals surface area contributed by atoms with Crippen molar-refractivity contribution in [1.82, 2.24) is 0 Å². The van der Waals surface area contributed by atoms with Gasteiger partial charge in [0.25, 0.3) is 5.91 Å². The number of amides is 2. The summed E-state index contributed by atoms with van der Waals surface area (Å²) in [6.07, 6.45) is -0.00882. The number of hydrogen-bond acceptors (Lipinski definition) is 5. The maximum Gasteiger partial charge on any atom is 0.310 e. The van der Waals surface area contributed by atoms with Crippen molar-refractivity contribution < 1.29 is 19.2 Å². The second kappa shape index (κ2) is 10.7. The van der Waals surface area contributed by atoms with Crippen molar-refractivity contribution in [3.63, 3.8) is 0 Å². The van der Waals surface area contributed by atoms with Gasteiger partial charge in [-0.25, -0.2) is 0 Å². The van der Waals surface area contributed by atoms with Gasteiger partial charge in [0.1, 0.15) is 0 Å². The molecule has 32 heavy (non-hydrogen) atoms. The van der Waals surface area contributed by atoms with Crippen LogP contribution < -0.4 is 15.4 Å². The average Bonchev–Trinajstić information content (AvgIpc) is 2.79. The molecule has 8 nitrogen and oxygen atoms in total. The lowest BCUT2D eigenvalue weighted by Gasteiger charge is -2.15. The molecular weight excluding hydrogens is 410 g/mol. The van der Waals surface area contributed by atoms with E-state index >= 15 is 0 Å². The highest BCUT2D eigenvalue weighted by Crippen LogP contribution is 2.27. The lowest BCUT2D eigenvalue weighted by atomic mass is 10.1. The first-order valence-corrected chi connectivity index (χ1v) is 10.1. The summed E-state index contributed by atoms with van der Waals surface area (Å²) < 4.78 is 5.49. The fraction of sp³-hybridized carbons (Fsp3) is 0.167. The number of benzene rings is 3. The molecule has 2 amide bonds. The summed E-state index contributed by atoms with van der Waals surface area (Å²) in [5, 5.41) is 16.6. The highest BCUT2D eigenvalue weighted by atomic mass is 16.6. The fourth-order valence-corrected chi connectivity index (χ4v) is 3.00. The second-order valence-corrected chi connectivity index (χ2v) is 7.09. The van der Waals surface area contributed by atoms with E-state index in [1.807, 2.05) is 30.3 Å². The zero-order chi connectivity index (χ0) is 22.9. The van der Waals surface area contributed by atoms with E-state index in [0.29, 0.717) is 24.2 Å². The van der Waals surface area contributed by atoms with Gasteiger partial charge >= 0.3 is 5.69 Å². The second-order valence-electron chi connectivity index (χ2n) is 7.09. The minimum absolute atomic E-state index is 0.0135. The summed E-state index contributed by atoms with van der Waals surface area (Å²) in [4.78, 5) is 35.3. The third kappa shape index (κ3) is 6.40. The van der Waals surface area contributed by atoms with E-state index in [1.54, 1.807) is 30.3 Å². The molecule has 3 aromatic carbocycles. The summed E-state index contributed by atoms with van der Waals surface area (Å²) in [5.41, 5.74) is 1.88. The molecule has 8 heteroatoms. The van der Waals surface area contributed by atoms with E-state index in [0.717, 1.165) is 5.56 Å². The third-order valence-corrected chi connectivity index (χ3v) is 4.63. The van der Waals surface area contributed by atoms with Gasteiger partial charge < -0.3 is 15.4 Å². The average molecular weight is 433 g/mol. The third-order valence-electron chi connectivity index (χ3n) is 4.63. The van der Waals surface area contributed by atoms with Gasteiger partial charge in [-0.3, -0.25) is 19.7 Å². The molecule has 1 atom stereocenters. The number of ether oxygens (including phenoxy) is 1. The number of hydrogen-bond donors (Lipinski definition) is 2. The van der Waals surface area contributed by atoms with Crippen molar-refractivity contribution in [3.05, 3.63) is 94.5 Å². The summed E-state index contributed by atoms with van der Waals surface area (Å²) in [6, 6.07) is 22.3. The molecule has 0 fully saturated rings. The lowest BCUT2D eigenvalue weighted by Crippen LogP contribution is -2.30. The predicted molar refractivity (Wildman–Crippen MR) is 122 cm³/mol. The normalized spacial score (nSPS) is 11.3. The lowest BCUT2D eigenvalue weighted by molar-refractivity contribution is -0.386. The van der Waals surface area contributed by atoms with Crippen LogP contribution in [0.2, 0.25) is 0 Å². The number of carbonyl (C=O) groups is 2. The van der Waals surface area contributed by atoms with Gasteiger partial charge in [-0.05, 0) is 43.2 Å². The molecule has 0 saturated carbocycles. The summed E-state index contributed by atoms with van der Waals surface area (Å²) in [7, 11) is 0. The van der Waals surface area contributed by atoms with Crippen molar-refractivity contribution in [2.45, 2.75) is 25.9 Å². The molecule has 0 saturated heterocycles. The monoisotopic (exact) mass is 433 g/mol. The van der Waals surface area contributed by atoms with Crippen molar-refractivity contribution in [3.8, 4) is 5.75 Å². The number of nitrogens with one attached hydrogen (secondary N) is 2. The van der Waals surface area contributed by atoms with Gasteiger partial charge in [0.2, 0.25) is 5.91 Å². The molecule has 0 aliphatic rings. The molecule has 2 N–H and O–H groups in total. The molecule has 0 aromatic heterocycles. The molecule has 0 aliphatic carbocycles. The van der Waals surface area contributed by atoms with Crippen LogP contribution in [0.25, 0.3) is 0 Å². The standard InChI is InChI=1S/C24H23N3O5/c1-17(32-22-13-6-5-12-21(22)27(30)31)24(29)26-20-11-7-10-19(16-20)25-23(28)15-14-18-8-3-2-4-9-18/h2-13,16-17H,14-15H2,1H3,(H,25,28)(H,26,29). The molecule has 0 heterocycles. The Balaban J connectivity index is 1.56. The number of anilines is 2. The van der Waals surface area contributed by atoms with Crippen molar-refractivity contribution in [1.29, 1.82) is 0 Å². The van der Waals surface area contributed by atoms with Crippen LogP contribution >= 0.6 is 0 Å². The predicted octanol–water partition coefficient (Wildman–Crippen LogP) is 4.57. The Morgan fingerprint density at radius 1 is 0.938 bits per heavy atom. The Kier molecular flexibility index (Phi) is 7.53. The number of aryl methyl sites for hydroxylation is 1. The maximum absolute atomic E-state index is 12.5. The van der Waals surface area contributed by atoms with Gasteiger partial charge in [-0.1, -0.05) is 48.5 Å². The van der Waals surface area contributed by atoms with E-state index in [-0.39, 0.29) is 17.3 Å². The number of rotatable bonds is 9. The molecular formula is C24H23N3O5. The first kappa shape index (κ1) is 22.5. The van der Waals surface area contributed by atoms with Crippen LogP contribution in [0.1, 0.15) is 18.9 Å². The molecule has 3 rings (SSSR count). The van der Waals surface area contributed by atoms with Crippen molar-refractivity contribution >= 4 is 28.9 Å². The molecule has 0 radical (unpaired) electrons. The zero-order valence-corrected chi connectivity index (χ0v) is 17.5. The van der Waals surface area contributed by atoms with Crippen LogP contribution in [0, 0.1) is 10.1 Å². The maximum atomic E-state index is 12.5. The number of para-hydroxylation sites is 2. The highest BCUT2D eigenvalue weighted by Gasteiger charge is 2.20. The number of nitro groups is 1. The molecule has 164 valence electrons. The van der Waals surface area contributed by atoms with Gasteiger partial charge in [0, 0.05) is 23.9 Å². The first-order valence-electron chi connectivity index (χ1n) is 10.1. The Bertz CT molecular complexity index is 1100. The van der Waals surface area contributed by atoms with E-state index < -0.39 is 16.9 Å². The summed E-state index contributed by atoms with van der Waals surface area (Å²) in [6.45, 7) is 1.50. The quantitative estimate of drug-likeness (QED) is 0.379. The minimum atomic E-state index is -0.972. The van der Waals surface area contributed by atoms with Gasteiger partial charge in [-0.2, -0.15) is 0 Å². The smallest absolute Gasteiger partial charge is 0.310 e. The van der Waals surface area contributed by atoms with Crippen LogP contribution in [-0.4, -0.2) is 22.8 Å². The zero-order valence-electron chi connectivity index (χ0n) is 17.5. The van der Waals surface area contributed by atoms with Crippen molar-refractivity contribution in [2.24, 2.45) is 0 Å². The van der Waals surface area contributed by atoms with Crippen LogP contribution in [0.3, 0.4) is 0 Å². The molecule has 3 aromatic rings. The van der Waals surface area contributed by atoms with Crippen LogP contribution in [0.4, 0.5) is 17.1 Å². The Morgan fingerprint density at radius 2 is 1.59 bits per heavy atom. The number of nitro benzene ring substituents is 1. The largest absolute Gasteiger partial charge is 0.474 e. The van der Waals surface area contributed by atoms with Crippen molar-refractivity contribution in [2.75, 3.05) is 10.6 Å². The van der Waals surface area contributed by atoms with E-state index in [2.05, 4.69) is 10.6 Å². The summed E-state index contributed by atoms with van der Waals surface area (Å²) >= 11 is 0. The number of carbonyl (C=O) groups excluding carboxylic acids is 2. The van der Waals surface area contributed by atoms with E-state index in [9.17, 15) is 19.7 Å². The van der Waals surface area contributed by atoms with E-state index in [1.165, 1.54) is 25.1 Å². The molecule has 0 aliphatic heterocycles. The van der Waals surface area contributed by atoms with Crippen LogP contribution in [0.5, 0.6) is 5.75 Å². The molecule has 0 spiro atoms. The van der Waals surface area contributed by atoms with E-state index in [4.69, 9.17) is 4.74 Å². The highest BCUT2D eigenvalue weighted by molar-refractivity contribution is 5.96. The van der Waals surface area contributed by atoms with Crippen LogP contribution in [-0.2, 0) is 16.0 Å². The molecule has 0 bridgehead atoms. The Labute approximate surface area is 185 Å². The van der Waals surface area contributed by atoms with Gasteiger partial charge in [-0.15, -0.1) is 0 Å². The fourth-order valence-electron chi connectivity index (χ4n) is 3.00. The molecule has 1 unspecified atom stereocenters. The number of nitrogens with zero attached hydrogens (tertiary/aromatic N) is 1. The minimum Gasteiger partial charge on any atom is -0.474 e. The summed E-state index contributed by atoms with van der Waals surface area (Å²) in [5.74, 6) is -0.597. The van der Waals surface area contributed by atoms with Gasteiger partial charge in [0.05, 0.1) is 4.92 Å². The Morgan fingerprint density at radius 3 is 2.31 bits per heavy atom.